The van der Waals surface area contributed by atoms with Gasteiger partial charge >= 0.3 is 0 Å². The largest absolute Gasteiger partial charge is 0.340 e. The summed E-state index contributed by atoms with van der Waals surface area (Å²) in [4.78, 5) is 7.00. The van der Waals surface area contributed by atoms with E-state index in [1.807, 2.05) is 0 Å². The summed E-state index contributed by atoms with van der Waals surface area (Å²) in [6.07, 6.45) is 0. The van der Waals surface area contributed by atoms with Crippen LogP contribution < -0.4 is 10.6 Å². The van der Waals surface area contributed by atoms with Crippen molar-refractivity contribution in [2.75, 3.05) is 18.5 Å². The van der Waals surface area contributed by atoms with Crippen molar-refractivity contribution in [2.24, 2.45) is 5.73 Å². The van der Waals surface area contributed by atoms with E-state index in [-0.39, 0.29) is 5.54 Å². The van der Waals surface area contributed by atoms with E-state index in [0.29, 0.717) is 6.54 Å². The molecule has 1 aromatic heterocycles. The number of fused-ring (bicyclic) bond motifs is 1. The fourth-order valence-corrected chi connectivity index (χ4v) is 2.13. The van der Waals surface area contributed by atoms with Gasteiger partial charge in [0.25, 0.3) is 0 Å². The van der Waals surface area contributed by atoms with Gasteiger partial charge in [0, 0.05) is 25.7 Å². The van der Waals surface area contributed by atoms with E-state index in [2.05, 4.69) is 62.4 Å². The standard InChI is InChI=1S/C15H24N4/c1-11-6-7-13-12(10-11)17-14(19(13)9-8-16)18(5)15(2,3)4/h6-7,10H,8-9,16H2,1-5H3. The van der Waals surface area contributed by atoms with Crippen LogP contribution in [0.3, 0.4) is 0 Å². The van der Waals surface area contributed by atoms with E-state index in [0.717, 1.165) is 23.5 Å². The Balaban J connectivity index is 2.62. The van der Waals surface area contributed by atoms with E-state index in [1.54, 1.807) is 0 Å². The first-order chi connectivity index (χ1) is 8.84. The van der Waals surface area contributed by atoms with Gasteiger partial charge in [-0.25, -0.2) is 4.98 Å². The van der Waals surface area contributed by atoms with Crippen LogP contribution in [0, 0.1) is 6.92 Å². The van der Waals surface area contributed by atoms with Gasteiger partial charge in [0.2, 0.25) is 5.95 Å². The van der Waals surface area contributed by atoms with Crippen molar-refractivity contribution in [3.05, 3.63) is 23.8 Å². The smallest absolute Gasteiger partial charge is 0.206 e. The Morgan fingerprint density at radius 3 is 2.58 bits per heavy atom. The monoisotopic (exact) mass is 260 g/mol. The van der Waals surface area contributed by atoms with Crippen LogP contribution in [0.25, 0.3) is 11.0 Å². The van der Waals surface area contributed by atoms with E-state index >= 15 is 0 Å². The summed E-state index contributed by atoms with van der Waals surface area (Å²) in [5.41, 5.74) is 9.21. The van der Waals surface area contributed by atoms with Crippen molar-refractivity contribution in [1.82, 2.24) is 9.55 Å². The van der Waals surface area contributed by atoms with E-state index in [9.17, 15) is 0 Å². The Labute approximate surface area is 115 Å². The molecule has 1 aromatic carbocycles. The average Bonchev–Trinajstić information content (AvgIpc) is 2.65. The van der Waals surface area contributed by atoms with Crippen LogP contribution in [0.2, 0.25) is 0 Å². The lowest BCUT2D eigenvalue weighted by molar-refractivity contribution is 0.517. The molecule has 0 saturated carbocycles. The molecule has 4 heteroatoms. The molecular formula is C15H24N4. The van der Waals surface area contributed by atoms with Gasteiger partial charge in [-0.05, 0) is 45.4 Å². The molecule has 0 aliphatic carbocycles. The third kappa shape index (κ3) is 2.59. The van der Waals surface area contributed by atoms with E-state index < -0.39 is 0 Å². The SMILES string of the molecule is Cc1ccc2c(c1)nc(N(C)C(C)(C)C)n2CCN. The lowest BCUT2D eigenvalue weighted by Gasteiger charge is -2.33. The van der Waals surface area contributed by atoms with Gasteiger partial charge in [-0.2, -0.15) is 0 Å². The highest BCUT2D eigenvalue weighted by molar-refractivity contribution is 5.79. The molecule has 2 N–H and O–H groups in total. The molecule has 0 aliphatic heterocycles. The van der Waals surface area contributed by atoms with Crippen molar-refractivity contribution in [1.29, 1.82) is 0 Å². The van der Waals surface area contributed by atoms with Crippen molar-refractivity contribution in [2.45, 2.75) is 39.8 Å². The Bertz CT molecular complexity index is 578. The Hall–Kier alpha value is -1.55. The first-order valence-corrected chi connectivity index (χ1v) is 6.75. The lowest BCUT2D eigenvalue weighted by Crippen LogP contribution is -2.40. The van der Waals surface area contributed by atoms with Crippen molar-refractivity contribution < 1.29 is 0 Å². The minimum Gasteiger partial charge on any atom is -0.340 e. The maximum Gasteiger partial charge on any atom is 0.206 e. The summed E-state index contributed by atoms with van der Waals surface area (Å²) in [5, 5.41) is 0. The number of anilines is 1. The van der Waals surface area contributed by atoms with Crippen LogP contribution in [0.15, 0.2) is 18.2 Å². The summed E-state index contributed by atoms with van der Waals surface area (Å²) < 4.78 is 2.21. The fourth-order valence-electron chi connectivity index (χ4n) is 2.13. The summed E-state index contributed by atoms with van der Waals surface area (Å²) in [6.45, 7) is 10.0. The molecule has 0 saturated heterocycles. The second-order valence-electron chi connectivity index (χ2n) is 6.07. The van der Waals surface area contributed by atoms with Gasteiger partial charge in [-0.3, -0.25) is 0 Å². The molecule has 0 aliphatic rings. The zero-order valence-electron chi connectivity index (χ0n) is 12.6. The van der Waals surface area contributed by atoms with Gasteiger partial charge in [-0.1, -0.05) is 6.07 Å². The van der Waals surface area contributed by atoms with Gasteiger partial charge in [0.15, 0.2) is 0 Å². The second kappa shape index (κ2) is 4.85. The molecule has 0 fully saturated rings. The molecular weight excluding hydrogens is 236 g/mol. The number of aromatic nitrogens is 2. The highest BCUT2D eigenvalue weighted by Gasteiger charge is 2.23. The number of nitrogens with two attached hydrogens (primary N) is 1. The number of aryl methyl sites for hydroxylation is 1. The molecule has 104 valence electrons. The molecule has 4 nitrogen and oxygen atoms in total. The Morgan fingerprint density at radius 1 is 1.32 bits per heavy atom. The quantitative estimate of drug-likeness (QED) is 0.922. The van der Waals surface area contributed by atoms with E-state index in [1.165, 1.54) is 5.56 Å². The molecule has 0 unspecified atom stereocenters. The molecule has 0 spiro atoms. The zero-order chi connectivity index (χ0) is 14.2. The predicted octanol–water partition coefficient (Wildman–Crippen LogP) is 2.54. The molecule has 0 radical (unpaired) electrons. The highest BCUT2D eigenvalue weighted by atomic mass is 15.3. The number of nitrogens with zero attached hydrogens (tertiary/aromatic N) is 3. The molecule has 19 heavy (non-hydrogen) atoms. The first-order valence-electron chi connectivity index (χ1n) is 6.75. The van der Waals surface area contributed by atoms with Crippen LogP contribution >= 0.6 is 0 Å². The van der Waals surface area contributed by atoms with Crippen LogP contribution in [0.1, 0.15) is 26.3 Å². The van der Waals surface area contributed by atoms with E-state index in [4.69, 9.17) is 10.7 Å². The molecule has 1 heterocycles. The van der Waals surface area contributed by atoms with Crippen LogP contribution in [0.5, 0.6) is 0 Å². The summed E-state index contributed by atoms with van der Waals surface area (Å²) in [6, 6.07) is 6.38. The molecule has 0 atom stereocenters. The minimum atomic E-state index is 0.0305. The van der Waals surface area contributed by atoms with Crippen molar-refractivity contribution in [3.63, 3.8) is 0 Å². The van der Waals surface area contributed by atoms with Gasteiger partial charge in [-0.15, -0.1) is 0 Å². The minimum absolute atomic E-state index is 0.0305. The lowest BCUT2D eigenvalue weighted by atomic mass is 10.1. The number of rotatable bonds is 3. The average molecular weight is 260 g/mol. The maximum absolute atomic E-state index is 5.75. The predicted molar refractivity (Wildman–Crippen MR) is 81.7 cm³/mol. The summed E-state index contributed by atoms with van der Waals surface area (Å²) in [7, 11) is 2.08. The summed E-state index contributed by atoms with van der Waals surface area (Å²) >= 11 is 0. The maximum atomic E-state index is 5.75. The fraction of sp³-hybridized carbons (Fsp3) is 0.533. The molecule has 0 amide bonds. The third-order valence-electron chi connectivity index (χ3n) is 3.54. The highest BCUT2D eigenvalue weighted by Crippen LogP contribution is 2.26. The molecule has 2 aromatic rings. The van der Waals surface area contributed by atoms with Crippen LogP contribution in [-0.4, -0.2) is 28.7 Å². The van der Waals surface area contributed by atoms with Gasteiger partial charge < -0.3 is 15.2 Å². The first kappa shape index (κ1) is 13.9. The number of hydrogen-bond donors (Lipinski definition) is 1. The second-order valence-corrected chi connectivity index (χ2v) is 6.07. The Morgan fingerprint density at radius 2 is 2.00 bits per heavy atom. The van der Waals surface area contributed by atoms with Gasteiger partial charge in [0.05, 0.1) is 11.0 Å². The van der Waals surface area contributed by atoms with Crippen molar-refractivity contribution in [3.8, 4) is 0 Å². The summed E-state index contributed by atoms with van der Waals surface area (Å²) in [5.74, 6) is 0.985. The molecule has 0 bridgehead atoms. The normalized spacial score (nSPS) is 12.1. The molecule has 2 rings (SSSR count). The number of imidazole rings is 1. The zero-order valence-corrected chi connectivity index (χ0v) is 12.6. The third-order valence-corrected chi connectivity index (χ3v) is 3.54. The van der Waals surface area contributed by atoms with Crippen LogP contribution in [-0.2, 0) is 6.54 Å². The van der Waals surface area contributed by atoms with Gasteiger partial charge in [0.1, 0.15) is 0 Å². The Kier molecular flexibility index (Phi) is 3.54. The number of benzene rings is 1. The number of hydrogen-bond acceptors (Lipinski definition) is 3. The topological polar surface area (TPSA) is 47.1 Å². The van der Waals surface area contributed by atoms with Crippen LogP contribution in [0.4, 0.5) is 5.95 Å². The van der Waals surface area contributed by atoms with Crippen molar-refractivity contribution >= 4 is 17.0 Å².